The largest absolute Gasteiger partial charge is 0.497 e. The summed E-state index contributed by atoms with van der Waals surface area (Å²) >= 11 is 0. The molecule has 0 aliphatic carbocycles. The van der Waals surface area contributed by atoms with Crippen molar-refractivity contribution in [2.75, 3.05) is 21.3 Å². The van der Waals surface area contributed by atoms with Crippen LogP contribution in [0.2, 0.25) is 6.32 Å². The predicted molar refractivity (Wildman–Crippen MR) is 202 cm³/mol. The molecule has 47 heavy (non-hydrogen) atoms. The number of unbranched alkanes of at least 4 members (excludes halogenated alkanes) is 10. The first-order chi connectivity index (χ1) is 23.1. The van der Waals surface area contributed by atoms with Crippen LogP contribution >= 0.6 is 0 Å². The Hall–Kier alpha value is -3.73. The van der Waals surface area contributed by atoms with Crippen LogP contribution in [-0.4, -0.2) is 27.5 Å². The van der Waals surface area contributed by atoms with Gasteiger partial charge >= 0.3 is 0 Å². The molecule has 1 aromatic heterocycles. The SMILES string of the molecule is CCCCCCCCCCCC[B-](c1ccc(OC)cc1)(c1ccc(OC)cc1)c1ccc(OC)cc1.CCCC[n+]1ccccc1. The van der Waals surface area contributed by atoms with Gasteiger partial charge in [-0.05, 0) is 36.4 Å². The van der Waals surface area contributed by atoms with Crippen LogP contribution in [0.1, 0.15) is 90.9 Å². The third kappa shape index (κ3) is 12.1. The van der Waals surface area contributed by atoms with Gasteiger partial charge in [-0.15, -0.1) is 0 Å². The van der Waals surface area contributed by atoms with E-state index in [1.54, 1.807) is 21.3 Å². The molecule has 0 aliphatic heterocycles. The molecule has 0 aliphatic rings. The third-order valence-corrected chi connectivity index (χ3v) is 9.59. The zero-order chi connectivity index (χ0) is 33.6. The van der Waals surface area contributed by atoms with Crippen molar-refractivity contribution in [1.29, 1.82) is 0 Å². The van der Waals surface area contributed by atoms with Gasteiger partial charge in [0.25, 0.3) is 0 Å². The van der Waals surface area contributed by atoms with E-state index in [0.717, 1.165) is 30.1 Å². The maximum absolute atomic E-state index is 5.49. The molecule has 0 saturated heterocycles. The van der Waals surface area contributed by atoms with Gasteiger partial charge in [-0.2, -0.15) is 22.7 Å². The quantitative estimate of drug-likeness (QED) is 0.0551. The average molecular weight is 638 g/mol. The average Bonchev–Trinajstić information content (AvgIpc) is 3.14. The smallest absolute Gasteiger partial charge is 0.168 e. The molecule has 0 saturated carbocycles. The molecule has 0 atom stereocenters. The minimum absolute atomic E-state index is 0.886. The van der Waals surface area contributed by atoms with Crippen LogP contribution in [0, 0.1) is 0 Å². The Morgan fingerprint density at radius 3 is 1.17 bits per heavy atom. The van der Waals surface area contributed by atoms with Crippen molar-refractivity contribution in [3.05, 3.63) is 103 Å². The van der Waals surface area contributed by atoms with Gasteiger partial charge in [-0.3, -0.25) is 0 Å². The molecule has 254 valence electrons. The summed E-state index contributed by atoms with van der Waals surface area (Å²) in [6.45, 7) is 5.65. The molecule has 0 N–H and O–H groups in total. The number of hydrogen-bond acceptors (Lipinski definition) is 3. The summed E-state index contributed by atoms with van der Waals surface area (Å²) in [6.07, 6.45) is 20.0. The highest BCUT2D eigenvalue weighted by atomic mass is 16.5. The summed E-state index contributed by atoms with van der Waals surface area (Å²) < 4.78 is 18.7. The van der Waals surface area contributed by atoms with Gasteiger partial charge in [0, 0.05) is 18.6 Å². The van der Waals surface area contributed by atoms with Crippen LogP contribution in [0.3, 0.4) is 0 Å². The molecule has 0 amide bonds. The number of aryl methyl sites for hydroxylation is 1. The van der Waals surface area contributed by atoms with Crippen LogP contribution in [0.4, 0.5) is 0 Å². The van der Waals surface area contributed by atoms with Crippen LogP contribution in [0.15, 0.2) is 103 Å². The molecule has 1 heterocycles. The van der Waals surface area contributed by atoms with Crippen molar-refractivity contribution in [2.45, 2.75) is 104 Å². The second-order valence-corrected chi connectivity index (χ2v) is 12.8. The monoisotopic (exact) mass is 637 g/mol. The van der Waals surface area contributed by atoms with Crippen molar-refractivity contribution >= 4 is 22.5 Å². The zero-order valence-corrected chi connectivity index (χ0v) is 30.0. The fraction of sp³-hybridized carbons (Fsp3) is 0.452. The van der Waals surface area contributed by atoms with Gasteiger partial charge in [0.1, 0.15) is 23.8 Å². The van der Waals surface area contributed by atoms with E-state index in [0.29, 0.717) is 0 Å². The molecule has 4 rings (SSSR count). The normalized spacial score (nSPS) is 11.0. The van der Waals surface area contributed by atoms with Crippen molar-refractivity contribution in [2.24, 2.45) is 0 Å². The number of pyridine rings is 1. The summed E-state index contributed by atoms with van der Waals surface area (Å²) in [7, 11) is 5.18. The number of hydrogen-bond donors (Lipinski definition) is 0. The van der Waals surface area contributed by atoms with Crippen molar-refractivity contribution < 1.29 is 18.8 Å². The molecule has 4 aromatic rings. The fourth-order valence-electron chi connectivity index (χ4n) is 6.74. The summed E-state index contributed by atoms with van der Waals surface area (Å²) in [5, 5.41) is 0. The molecule has 3 aromatic carbocycles. The molecule has 4 nitrogen and oxygen atoms in total. The van der Waals surface area contributed by atoms with Crippen LogP contribution in [0.5, 0.6) is 17.2 Å². The van der Waals surface area contributed by atoms with Gasteiger partial charge in [-0.25, -0.2) is 4.57 Å². The lowest BCUT2D eigenvalue weighted by molar-refractivity contribution is -0.697. The van der Waals surface area contributed by atoms with Crippen LogP contribution in [0.25, 0.3) is 0 Å². The molecule has 5 heteroatoms. The molecule has 0 unspecified atom stereocenters. The van der Waals surface area contributed by atoms with E-state index in [4.69, 9.17) is 14.2 Å². The Balaban J connectivity index is 0.000000511. The van der Waals surface area contributed by atoms with Crippen molar-refractivity contribution in [3.8, 4) is 17.2 Å². The van der Waals surface area contributed by atoms with E-state index in [1.807, 2.05) is 6.07 Å². The maximum Gasteiger partial charge on any atom is 0.168 e. The highest BCUT2D eigenvalue weighted by molar-refractivity contribution is 7.11. The fourth-order valence-corrected chi connectivity index (χ4v) is 6.74. The second kappa shape index (κ2) is 22.0. The lowest BCUT2D eigenvalue weighted by atomic mass is 9.14. The first-order valence-corrected chi connectivity index (χ1v) is 18.2. The Bertz CT molecular complexity index is 1230. The number of aromatic nitrogens is 1. The molecule has 0 radical (unpaired) electrons. The van der Waals surface area contributed by atoms with Crippen molar-refractivity contribution in [1.82, 2.24) is 0 Å². The number of methoxy groups -OCH3 is 3. The van der Waals surface area contributed by atoms with Crippen molar-refractivity contribution in [3.63, 3.8) is 0 Å². The molecular formula is C42H60BNO3. The Kier molecular flexibility index (Phi) is 17.6. The van der Waals surface area contributed by atoms with Gasteiger partial charge in [0.15, 0.2) is 12.4 Å². The van der Waals surface area contributed by atoms with E-state index >= 15 is 0 Å². The van der Waals surface area contributed by atoms with Gasteiger partial charge in [-0.1, -0.05) is 127 Å². The maximum atomic E-state index is 5.49. The van der Waals surface area contributed by atoms with Gasteiger partial charge < -0.3 is 14.2 Å². The van der Waals surface area contributed by atoms with Crippen LogP contribution < -0.4 is 35.2 Å². The summed E-state index contributed by atoms with van der Waals surface area (Å²) in [5.41, 5.74) is 4.02. The Morgan fingerprint density at radius 2 is 0.809 bits per heavy atom. The first-order valence-electron chi connectivity index (χ1n) is 18.2. The highest BCUT2D eigenvalue weighted by Crippen LogP contribution is 2.22. The second-order valence-electron chi connectivity index (χ2n) is 12.8. The zero-order valence-electron chi connectivity index (χ0n) is 30.0. The summed E-state index contributed by atoms with van der Waals surface area (Å²) in [4.78, 5) is 0. The number of benzene rings is 3. The topological polar surface area (TPSA) is 31.6 Å². The van der Waals surface area contributed by atoms with E-state index in [9.17, 15) is 0 Å². The highest BCUT2D eigenvalue weighted by Gasteiger charge is 2.29. The van der Waals surface area contributed by atoms with E-state index in [1.165, 1.54) is 93.4 Å². The predicted octanol–water partition coefficient (Wildman–Crippen LogP) is 8.88. The third-order valence-electron chi connectivity index (χ3n) is 9.59. The number of nitrogens with zero attached hydrogens (tertiary/aromatic N) is 1. The standard InChI is InChI=1S/C33H46BO3.C9H14N/c1-5-6-7-8-9-10-11-12-13-14-27-34(28-15-21-31(35-2)22-16-28,29-17-23-32(36-3)24-18-29)30-19-25-33(37-4)26-20-30;1-2-3-7-10-8-5-4-6-9-10/h15-26H,5-14,27H2,1-4H3;4-6,8-9H,2-3,7H2,1H3/q-1;+1. The summed E-state index contributed by atoms with van der Waals surface area (Å²) in [5.74, 6) is 2.66. The number of rotatable bonds is 20. The van der Waals surface area contributed by atoms with Gasteiger partial charge in [0.05, 0.1) is 27.5 Å². The van der Waals surface area contributed by atoms with E-state index < -0.39 is 6.15 Å². The van der Waals surface area contributed by atoms with Crippen LogP contribution in [-0.2, 0) is 6.54 Å². The molecule has 0 spiro atoms. The summed E-state index contributed by atoms with van der Waals surface area (Å²) in [6, 6.07) is 32.3. The Labute approximate surface area is 286 Å². The van der Waals surface area contributed by atoms with Gasteiger partial charge in [0.2, 0.25) is 0 Å². The minimum atomic E-state index is -1.18. The molecule has 0 fully saturated rings. The Morgan fingerprint density at radius 1 is 0.447 bits per heavy atom. The number of ether oxygens (including phenoxy) is 3. The van der Waals surface area contributed by atoms with E-state index in [2.05, 4.69) is 116 Å². The lowest BCUT2D eigenvalue weighted by Crippen LogP contribution is -2.66. The minimum Gasteiger partial charge on any atom is -0.497 e. The van der Waals surface area contributed by atoms with E-state index in [-0.39, 0.29) is 0 Å². The lowest BCUT2D eigenvalue weighted by Gasteiger charge is -2.43. The first kappa shape index (κ1) is 37.7. The molecule has 0 bridgehead atoms. The molecular weight excluding hydrogens is 577 g/mol.